The summed E-state index contributed by atoms with van der Waals surface area (Å²) < 4.78 is 194. The first-order chi connectivity index (χ1) is 20.5. The number of ether oxygens (including phenoxy) is 5. The highest BCUT2D eigenvalue weighted by Gasteiger charge is 2.80. The molecule has 45 heavy (non-hydrogen) atoms. The number of hydrogen-bond acceptors (Lipinski definition) is 6. The first kappa shape index (κ1) is 37.5. The Morgan fingerprint density at radius 3 is 1.62 bits per heavy atom. The molecule has 0 unspecified atom stereocenters. The number of rotatable bonds is 15. The number of nitrogens with one attached hydrogen (secondary N) is 1. The predicted molar refractivity (Wildman–Crippen MR) is 126 cm³/mol. The van der Waals surface area contributed by atoms with E-state index in [1.807, 2.05) is 5.32 Å². The molecular weight excluding hydrogens is 657 g/mol. The highest BCUT2D eigenvalue weighted by molar-refractivity contribution is 6.05. The van der Waals surface area contributed by atoms with Gasteiger partial charge in [-0.2, -0.15) is 43.9 Å². The van der Waals surface area contributed by atoms with Crippen LogP contribution in [0.2, 0.25) is 0 Å². The van der Waals surface area contributed by atoms with Crippen LogP contribution in [-0.4, -0.2) is 56.3 Å². The minimum absolute atomic E-state index is 0.0106. The number of carbonyl (C=O) groups excluding carboxylic acids is 1. The number of amides is 1. The molecule has 2 aromatic carbocycles. The first-order valence-corrected chi connectivity index (χ1v) is 12.3. The fourth-order valence-electron chi connectivity index (χ4n) is 3.35. The van der Waals surface area contributed by atoms with Crippen molar-refractivity contribution in [2.45, 2.75) is 57.3 Å². The van der Waals surface area contributed by atoms with Gasteiger partial charge in [0.05, 0.1) is 19.8 Å². The SMILES string of the molecule is CCOc1cc(C(=O)Nc2cccc(C(F)(F)C(F)(F)OC(F)(F)C(F)(F)C(F)(F)OC(F)(F)F)c2)cc(OCC)c1OCC. The van der Waals surface area contributed by atoms with Crippen LogP contribution in [0.3, 0.4) is 0 Å². The van der Waals surface area contributed by atoms with E-state index >= 15 is 0 Å². The van der Waals surface area contributed by atoms with Crippen LogP contribution in [0.5, 0.6) is 17.2 Å². The van der Waals surface area contributed by atoms with Crippen molar-refractivity contribution in [3.63, 3.8) is 0 Å². The highest BCUT2D eigenvalue weighted by atomic mass is 19.4. The fraction of sp³-hybridized carbons (Fsp3) is 0.480. The second-order valence-corrected chi connectivity index (χ2v) is 8.48. The smallest absolute Gasteiger partial charge is 0.490 e. The van der Waals surface area contributed by atoms with E-state index in [-0.39, 0.29) is 54.8 Å². The van der Waals surface area contributed by atoms with E-state index in [1.165, 1.54) is 0 Å². The molecule has 0 spiro atoms. The largest absolute Gasteiger partial charge is 0.527 e. The monoisotopic (exact) mass is 679 g/mol. The molecule has 0 fully saturated rings. The highest BCUT2D eigenvalue weighted by Crippen LogP contribution is 2.54. The van der Waals surface area contributed by atoms with E-state index in [0.717, 1.165) is 18.2 Å². The fourth-order valence-corrected chi connectivity index (χ4v) is 3.35. The van der Waals surface area contributed by atoms with Crippen molar-refractivity contribution in [3.05, 3.63) is 47.5 Å². The molecule has 254 valence electrons. The van der Waals surface area contributed by atoms with Crippen LogP contribution in [-0.2, 0) is 15.4 Å². The number of alkyl halides is 13. The number of anilines is 1. The summed E-state index contributed by atoms with van der Waals surface area (Å²) >= 11 is 0. The lowest BCUT2D eigenvalue weighted by molar-refractivity contribution is -0.535. The zero-order valence-electron chi connectivity index (χ0n) is 22.9. The van der Waals surface area contributed by atoms with Crippen LogP contribution in [0.4, 0.5) is 62.8 Å². The maximum Gasteiger partial charge on any atom is 0.527 e. The van der Waals surface area contributed by atoms with Crippen molar-refractivity contribution in [1.29, 1.82) is 0 Å². The van der Waals surface area contributed by atoms with Gasteiger partial charge in [0, 0.05) is 16.8 Å². The molecule has 7 nitrogen and oxygen atoms in total. The van der Waals surface area contributed by atoms with Crippen molar-refractivity contribution in [2.75, 3.05) is 25.1 Å². The zero-order valence-corrected chi connectivity index (χ0v) is 22.9. The van der Waals surface area contributed by atoms with Gasteiger partial charge in [-0.05, 0) is 45.0 Å². The van der Waals surface area contributed by atoms with Gasteiger partial charge >= 0.3 is 36.5 Å². The third-order valence-corrected chi connectivity index (χ3v) is 5.25. The van der Waals surface area contributed by atoms with Gasteiger partial charge in [-0.25, -0.2) is 9.47 Å². The van der Waals surface area contributed by atoms with Gasteiger partial charge in [-0.3, -0.25) is 4.79 Å². The van der Waals surface area contributed by atoms with Crippen LogP contribution in [0, 0.1) is 0 Å². The van der Waals surface area contributed by atoms with E-state index in [1.54, 1.807) is 25.5 Å². The Morgan fingerprint density at radius 1 is 0.667 bits per heavy atom. The van der Waals surface area contributed by atoms with Gasteiger partial charge in [0.1, 0.15) is 0 Å². The molecular formula is C25H22F13NO6. The summed E-state index contributed by atoms with van der Waals surface area (Å²) in [5.74, 6) is -14.6. The topological polar surface area (TPSA) is 75.3 Å². The van der Waals surface area contributed by atoms with E-state index in [4.69, 9.17) is 14.2 Å². The van der Waals surface area contributed by atoms with Gasteiger partial charge < -0.3 is 19.5 Å². The molecule has 0 saturated heterocycles. The lowest BCUT2D eigenvalue weighted by atomic mass is 10.1. The average molecular weight is 679 g/mol. The molecule has 0 saturated carbocycles. The summed E-state index contributed by atoms with van der Waals surface area (Å²) in [5, 5.41) is 2.03. The van der Waals surface area contributed by atoms with E-state index in [9.17, 15) is 61.9 Å². The number of carbonyl (C=O) groups is 1. The Morgan fingerprint density at radius 2 is 1.16 bits per heavy atom. The number of hydrogen-bond donors (Lipinski definition) is 1. The molecule has 0 heterocycles. The normalized spacial score (nSPS) is 13.4. The molecule has 1 N–H and O–H groups in total. The van der Waals surface area contributed by atoms with Crippen LogP contribution in [0.1, 0.15) is 36.7 Å². The molecule has 0 atom stereocenters. The minimum atomic E-state index is -7.55. The van der Waals surface area contributed by atoms with E-state index in [0.29, 0.717) is 6.07 Å². The molecule has 20 heteroatoms. The van der Waals surface area contributed by atoms with Crippen molar-refractivity contribution < 1.29 is 85.6 Å². The summed E-state index contributed by atoms with van der Waals surface area (Å²) in [6, 6.07) is 3.90. The van der Waals surface area contributed by atoms with Gasteiger partial charge in [0.15, 0.2) is 11.5 Å². The Bertz CT molecular complexity index is 1310. The predicted octanol–water partition coefficient (Wildman–Crippen LogP) is 8.19. The van der Waals surface area contributed by atoms with Crippen molar-refractivity contribution >= 4 is 11.6 Å². The Labute approximate surface area is 245 Å². The van der Waals surface area contributed by atoms with Gasteiger partial charge in [-0.15, -0.1) is 13.2 Å². The van der Waals surface area contributed by atoms with Crippen molar-refractivity contribution in [1.82, 2.24) is 0 Å². The van der Waals surface area contributed by atoms with Gasteiger partial charge in [0.2, 0.25) is 5.75 Å². The zero-order chi connectivity index (χ0) is 34.6. The maximum atomic E-state index is 14.6. The van der Waals surface area contributed by atoms with E-state index in [2.05, 4.69) is 4.74 Å². The Hall–Kier alpha value is -3.68. The molecule has 0 aliphatic rings. The molecule has 0 bridgehead atoms. The molecule has 0 aliphatic heterocycles. The summed E-state index contributed by atoms with van der Waals surface area (Å²) in [5.41, 5.74) is -2.94. The van der Waals surface area contributed by atoms with E-state index < -0.39 is 53.7 Å². The summed E-state index contributed by atoms with van der Waals surface area (Å²) in [7, 11) is 0. The molecule has 0 radical (unpaired) electrons. The standard InChI is InChI=1S/C25H22F13NO6/c1-4-41-16-10-13(11-17(42-5-2)18(16)43-6-3)19(40)39-15-9-7-8-14(12-15)20(26,27)22(30,31)44-23(32,33)21(28,29)24(34,35)45-25(36,37)38/h7-12H,4-6H2,1-3H3,(H,39,40). The molecule has 0 aliphatic carbocycles. The first-order valence-electron chi connectivity index (χ1n) is 12.3. The molecule has 0 aromatic heterocycles. The van der Waals surface area contributed by atoms with Crippen LogP contribution >= 0.6 is 0 Å². The number of halogens is 13. The second-order valence-electron chi connectivity index (χ2n) is 8.48. The van der Waals surface area contributed by atoms with Crippen LogP contribution < -0.4 is 19.5 Å². The maximum absolute atomic E-state index is 14.6. The lowest BCUT2D eigenvalue weighted by Crippen LogP contribution is -2.61. The summed E-state index contributed by atoms with van der Waals surface area (Å²) in [4.78, 5) is 12.9. The van der Waals surface area contributed by atoms with Crippen molar-refractivity contribution in [2.24, 2.45) is 0 Å². The molecule has 1 amide bonds. The van der Waals surface area contributed by atoms with Gasteiger partial charge in [0.25, 0.3) is 5.91 Å². The summed E-state index contributed by atoms with van der Waals surface area (Å²) in [6.45, 7) is 5.13. The number of benzene rings is 2. The quantitative estimate of drug-likeness (QED) is 0.192. The molecule has 2 rings (SSSR count). The summed E-state index contributed by atoms with van der Waals surface area (Å²) in [6.07, 6.45) is -28.1. The van der Waals surface area contributed by atoms with Crippen LogP contribution in [0.25, 0.3) is 0 Å². The second kappa shape index (κ2) is 13.4. The third-order valence-electron chi connectivity index (χ3n) is 5.25. The lowest BCUT2D eigenvalue weighted by Gasteiger charge is -2.35. The van der Waals surface area contributed by atoms with Crippen LogP contribution in [0.15, 0.2) is 36.4 Å². The molecule has 2 aromatic rings. The van der Waals surface area contributed by atoms with Crippen molar-refractivity contribution in [3.8, 4) is 17.2 Å². The average Bonchev–Trinajstić information content (AvgIpc) is 2.88. The third kappa shape index (κ3) is 8.33. The Kier molecular flexibility index (Phi) is 11.1. The van der Waals surface area contributed by atoms with Gasteiger partial charge in [-0.1, -0.05) is 12.1 Å². The minimum Gasteiger partial charge on any atom is -0.490 e. The Balaban J connectivity index is 2.41.